The van der Waals surface area contributed by atoms with Crippen LogP contribution in [0, 0.1) is 0 Å². The molecular weight excluding hydrogens is 258 g/mol. The van der Waals surface area contributed by atoms with E-state index in [0.29, 0.717) is 15.7 Å². The fraction of sp³-hybridized carbons (Fsp3) is 0.364. The van der Waals surface area contributed by atoms with E-state index in [0.717, 1.165) is 19.3 Å². The number of carbonyl (C=O) groups is 1. The van der Waals surface area contributed by atoms with E-state index in [1.165, 1.54) is 18.2 Å². The summed E-state index contributed by atoms with van der Waals surface area (Å²) in [5, 5.41) is 0. The number of esters is 1. The van der Waals surface area contributed by atoms with Crippen LogP contribution in [0.4, 0.5) is 5.69 Å². The van der Waals surface area contributed by atoms with Crippen LogP contribution in [0.5, 0.6) is 0 Å². The van der Waals surface area contributed by atoms with Crippen molar-refractivity contribution in [3.05, 3.63) is 27.2 Å². The van der Waals surface area contributed by atoms with Gasteiger partial charge in [-0.15, -0.1) is 0 Å². The number of benzene rings is 1. The summed E-state index contributed by atoms with van der Waals surface area (Å²) in [5.74, 6) is -0.344. The normalized spacial score (nSPS) is 13.7. The van der Waals surface area contributed by atoms with Gasteiger partial charge >= 0.3 is 5.97 Å². The highest BCUT2D eigenvalue weighted by atomic mass is 79.9. The van der Waals surface area contributed by atoms with E-state index in [1.807, 2.05) is 6.07 Å². The number of nitrogen functional groups attached to an aromatic ring is 1. The lowest BCUT2D eigenvalue weighted by Crippen LogP contribution is -2.06. The molecular formula is C11H12BrNO2. The van der Waals surface area contributed by atoms with Crippen LogP contribution in [0.1, 0.15) is 27.9 Å². The average molecular weight is 270 g/mol. The second-order valence-corrected chi connectivity index (χ2v) is 4.43. The molecule has 4 heteroatoms. The Balaban J connectivity index is 2.59. The first kappa shape index (κ1) is 10.5. The van der Waals surface area contributed by atoms with Crippen molar-refractivity contribution in [3.8, 4) is 0 Å². The lowest BCUT2D eigenvalue weighted by molar-refractivity contribution is 0.0599. The average Bonchev–Trinajstić information content (AvgIpc) is 2.70. The third-order valence-corrected chi connectivity index (χ3v) is 3.64. The highest BCUT2D eigenvalue weighted by Gasteiger charge is 2.21. The van der Waals surface area contributed by atoms with Gasteiger partial charge in [-0.1, -0.05) is 0 Å². The number of rotatable bonds is 1. The van der Waals surface area contributed by atoms with Gasteiger partial charge in [0.2, 0.25) is 0 Å². The predicted molar refractivity (Wildman–Crippen MR) is 61.9 cm³/mol. The highest BCUT2D eigenvalue weighted by Crippen LogP contribution is 2.35. The minimum absolute atomic E-state index is 0.344. The van der Waals surface area contributed by atoms with Crippen molar-refractivity contribution in [2.75, 3.05) is 12.8 Å². The van der Waals surface area contributed by atoms with E-state index in [9.17, 15) is 4.79 Å². The zero-order chi connectivity index (χ0) is 11.0. The molecule has 1 aromatic rings. The van der Waals surface area contributed by atoms with E-state index in [1.54, 1.807) is 0 Å². The van der Waals surface area contributed by atoms with Crippen molar-refractivity contribution in [1.82, 2.24) is 0 Å². The van der Waals surface area contributed by atoms with Crippen LogP contribution >= 0.6 is 15.9 Å². The minimum Gasteiger partial charge on any atom is -0.465 e. The van der Waals surface area contributed by atoms with E-state index in [-0.39, 0.29) is 5.97 Å². The fourth-order valence-corrected chi connectivity index (χ4v) is 2.52. The number of halogens is 1. The van der Waals surface area contributed by atoms with Gasteiger partial charge in [0.15, 0.2) is 0 Å². The number of hydrogen-bond acceptors (Lipinski definition) is 3. The number of ether oxygens (including phenoxy) is 1. The first-order chi connectivity index (χ1) is 7.15. The van der Waals surface area contributed by atoms with Gasteiger partial charge < -0.3 is 10.5 Å². The Kier molecular flexibility index (Phi) is 2.69. The summed E-state index contributed by atoms with van der Waals surface area (Å²) >= 11 is 3.35. The molecule has 0 saturated heterocycles. The third-order valence-electron chi connectivity index (χ3n) is 2.78. The maximum absolute atomic E-state index is 11.5. The zero-order valence-electron chi connectivity index (χ0n) is 8.47. The summed E-state index contributed by atoms with van der Waals surface area (Å²) in [6.45, 7) is 0. The Morgan fingerprint density at radius 2 is 2.27 bits per heavy atom. The quantitative estimate of drug-likeness (QED) is 0.629. The zero-order valence-corrected chi connectivity index (χ0v) is 10.1. The molecule has 0 fully saturated rings. The van der Waals surface area contributed by atoms with Crippen LogP contribution in [-0.4, -0.2) is 13.1 Å². The maximum atomic E-state index is 11.5. The SMILES string of the molecule is COC(=O)c1cc2c(c(N)c1Br)CCC2. The lowest BCUT2D eigenvalue weighted by atomic mass is 10.0. The minimum atomic E-state index is -0.344. The molecule has 0 amide bonds. The molecule has 1 aromatic carbocycles. The summed E-state index contributed by atoms with van der Waals surface area (Å²) in [6.07, 6.45) is 3.11. The van der Waals surface area contributed by atoms with E-state index >= 15 is 0 Å². The van der Waals surface area contributed by atoms with E-state index in [2.05, 4.69) is 15.9 Å². The third kappa shape index (κ3) is 1.63. The van der Waals surface area contributed by atoms with Crippen molar-refractivity contribution < 1.29 is 9.53 Å². The maximum Gasteiger partial charge on any atom is 0.339 e. The van der Waals surface area contributed by atoms with Gasteiger partial charge in [-0.25, -0.2) is 4.79 Å². The number of hydrogen-bond donors (Lipinski definition) is 1. The molecule has 2 N–H and O–H groups in total. The molecule has 0 bridgehead atoms. The number of aryl methyl sites for hydroxylation is 1. The Bertz CT molecular complexity index is 429. The van der Waals surface area contributed by atoms with Gasteiger partial charge in [-0.05, 0) is 52.4 Å². The van der Waals surface area contributed by atoms with Crippen molar-refractivity contribution >= 4 is 27.6 Å². The summed E-state index contributed by atoms with van der Waals surface area (Å²) in [7, 11) is 1.37. The van der Waals surface area contributed by atoms with E-state index < -0.39 is 0 Å². The molecule has 0 heterocycles. The number of nitrogens with two attached hydrogens (primary N) is 1. The van der Waals surface area contributed by atoms with Crippen molar-refractivity contribution in [2.45, 2.75) is 19.3 Å². The van der Waals surface area contributed by atoms with Crippen molar-refractivity contribution in [3.63, 3.8) is 0 Å². The van der Waals surface area contributed by atoms with Crippen LogP contribution in [0.3, 0.4) is 0 Å². The predicted octanol–water partition coefficient (Wildman–Crippen LogP) is 2.31. The first-order valence-corrected chi connectivity index (χ1v) is 5.62. The molecule has 80 valence electrons. The molecule has 15 heavy (non-hydrogen) atoms. The smallest absolute Gasteiger partial charge is 0.339 e. The largest absolute Gasteiger partial charge is 0.465 e. The highest BCUT2D eigenvalue weighted by molar-refractivity contribution is 9.10. The van der Waals surface area contributed by atoms with Gasteiger partial charge in [-0.3, -0.25) is 0 Å². The van der Waals surface area contributed by atoms with Gasteiger partial charge in [-0.2, -0.15) is 0 Å². The van der Waals surface area contributed by atoms with Gasteiger partial charge in [0.1, 0.15) is 0 Å². The second-order valence-electron chi connectivity index (χ2n) is 3.63. The lowest BCUT2D eigenvalue weighted by Gasteiger charge is -2.10. The van der Waals surface area contributed by atoms with Crippen LogP contribution in [-0.2, 0) is 17.6 Å². The summed E-state index contributed by atoms with van der Waals surface area (Å²) in [5.41, 5.74) is 9.53. The van der Waals surface area contributed by atoms with Crippen LogP contribution in [0.2, 0.25) is 0 Å². The van der Waals surface area contributed by atoms with Crippen molar-refractivity contribution in [1.29, 1.82) is 0 Å². The number of fused-ring (bicyclic) bond motifs is 1. The Hall–Kier alpha value is -1.03. The topological polar surface area (TPSA) is 52.3 Å². The van der Waals surface area contributed by atoms with Crippen LogP contribution in [0.25, 0.3) is 0 Å². The summed E-state index contributed by atoms with van der Waals surface area (Å²) in [6, 6.07) is 1.88. The fourth-order valence-electron chi connectivity index (χ4n) is 2.01. The molecule has 0 saturated carbocycles. The Morgan fingerprint density at radius 1 is 1.53 bits per heavy atom. The molecule has 0 aliphatic heterocycles. The van der Waals surface area contributed by atoms with Gasteiger partial charge in [0, 0.05) is 0 Å². The Morgan fingerprint density at radius 3 is 2.93 bits per heavy atom. The summed E-state index contributed by atoms with van der Waals surface area (Å²) < 4.78 is 5.37. The standard InChI is InChI=1S/C11H12BrNO2/c1-15-11(14)8-5-6-3-2-4-7(6)10(13)9(8)12/h5H,2-4,13H2,1H3. The molecule has 0 radical (unpaired) electrons. The number of methoxy groups -OCH3 is 1. The number of carbonyl (C=O) groups excluding carboxylic acids is 1. The van der Waals surface area contributed by atoms with Crippen LogP contribution in [0.15, 0.2) is 10.5 Å². The molecule has 0 aromatic heterocycles. The van der Waals surface area contributed by atoms with E-state index in [4.69, 9.17) is 10.5 Å². The Labute approximate surface area is 96.7 Å². The molecule has 3 nitrogen and oxygen atoms in total. The first-order valence-electron chi connectivity index (χ1n) is 4.83. The molecule has 0 unspecified atom stereocenters. The van der Waals surface area contributed by atoms with Gasteiger partial charge in [0.25, 0.3) is 0 Å². The second kappa shape index (κ2) is 3.85. The molecule has 1 aliphatic rings. The number of anilines is 1. The monoisotopic (exact) mass is 269 g/mol. The summed E-state index contributed by atoms with van der Waals surface area (Å²) in [4.78, 5) is 11.5. The van der Waals surface area contributed by atoms with Gasteiger partial charge in [0.05, 0.1) is 22.8 Å². The molecule has 0 spiro atoms. The molecule has 0 atom stereocenters. The molecule has 1 aliphatic carbocycles. The molecule has 2 rings (SSSR count). The van der Waals surface area contributed by atoms with Crippen LogP contribution < -0.4 is 5.73 Å². The van der Waals surface area contributed by atoms with Crippen molar-refractivity contribution in [2.24, 2.45) is 0 Å².